The Morgan fingerprint density at radius 2 is 2.17 bits per heavy atom. The van der Waals surface area contributed by atoms with Gasteiger partial charge in [0, 0.05) is 11.1 Å². The highest BCUT2D eigenvalue weighted by molar-refractivity contribution is 6.39. The first-order valence-corrected chi connectivity index (χ1v) is 8.87. The molecule has 2 unspecified atom stereocenters. The summed E-state index contributed by atoms with van der Waals surface area (Å²) in [6, 6.07) is 9.65. The molecular weight excluding hydrogens is 381 g/mol. The molecule has 1 N–H and O–H groups in total. The number of methoxy groups -OCH3 is 1. The third-order valence-electron chi connectivity index (χ3n) is 4.67. The number of halogens is 1. The highest BCUT2D eigenvalue weighted by atomic mass is 19.1. The maximum atomic E-state index is 13.6. The average Bonchev–Trinajstić information content (AvgIpc) is 3.35. The SMILES string of the molecule is COc1cc(C2ON=C(C(=O)N/N=C/c3ccccc3F)C2C)cc2c1OCO2. The number of ether oxygens (including phenoxy) is 3. The normalized spacial score (nSPS) is 19.8. The zero-order valence-electron chi connectivity index (χ0n) is 15.7. The molecule has 9 heteroatoms. The average molecular weight is 399 g/mol. The van der Waals surface area contributed by atoms with Crippen molar-refractivity contribution in [2.75, 3.05) is 13.9 Å². The largest absolute Gasteiger partial charge is 0.493 e. The van der Waals surface area contributed by atoms with Crippen molar-refractivity contribution in [1.29, 1.82) is 0 Å². The van der Waals surface area contributed by atoms with E-state index >= 15 is 0 Å². The van der Waals surface area contributed by atoms with Crippen molar-refractivity contribution in [2.45, 2.75) is 13.0 Å². The van der Waals surface area contributed by atoms with Crippen LogP contribution in [0.25, 0.3) is 0 Å². The Balaban J connectivity index is 1.45. The molecule has 2 aliphatic heterocycles. The summed E-state index contributed by atoms with van der Waals surface area (Å²) in [5.74, 6) is 0.269. The molecule has 0 spiro atoms. The second-order valence-corrected chi connectivity index (χ2v) is 6.47. The van der Waals surface area contributed by atoms with E-state index in [1.54, 1.807) is 30.3 Å². The molecular formula is C20H18FN3O5. The summed E-state index contributed by atoms with van der Waals surface area (Å²) in [5.41, 5.74) is 3.52. The third kappa shape index (κ3) is 3.58. The molecule has 0 radical (unpaired) electrons. The molecule has 0 bridgehead atoms. The van der Waals surface area contributed by atoms with Gasteiger partial charge in [0.2, 0.25) is 12.5 Å². The van der Waals surface area contributed by atoms with Crippen LogP contribution in [0.4, 0.5) is 4.39 Å². The standard InChI is InChI=1S/C20H18FN3O5/c1-11-17(20(25)23-22-9-12-5-3-4-6-14(12)21)24-29-18(11)13-7-15(26-2)19-16(8-13)27-10-28-19/h3-9,11,18H,10H2,1-2H3,(H,23,25)/b22-9+. The number of amides is 1. The van der Waals surface area contributed by atoms with Crippen LogP contribution in [0.1, 0.15) is 24.2 Å². The van der Waals surface area contributed by atoms with Gasteiger partial charge >= 0.3 is 0 Å². The van der Waals surface area contributed by atoms with Gasteiger partial charge in [-0.05, 0) is 18.2 Å². The van der Waals surface area contributed by atoms with E-state index in [4.69, 9.17) is 19.0 Å². The van der Waals surface area contributed by atoms with Gasteiger partial charge in [-0.25, -0.2) is 9.82 Å². The first-order valence-electron chi connectivity index (χ1n) is 8.87. The van der Waals surface area contributed by atoms with Crippen LogP contribution in [-0.4, -0.2) is 31.7 Å². The third-order valence-corrected chi connectivity index (χ3v) is 4.67. The predicted octanol–water partition coefficient (Wildman–Crippen LogP) is 2.78. The Bertz CT molecular complexity index is 1010. The molecule has 0 fully saturated rings. The second-order valence-electron chi connectivity index (χ2n) is 6.47. The topological polar surface area (TPSA) is 90.7 Å². The second kappa shape index (κ2) is 7.78. The summed E-state index contributed by atoms with van der Waals surface area (Å²) in [5, 5.41) is 7.71. The number of nitrogens with one attached hydrogen (secondary N) is 1. The molecule has 2 aromatic rings. The van der Waals surface area contributed by atoms with E-state index in [2.05, 4.69) is 15.7 Å². The Morgan fingerprint density at radius 3 is 2.97 bits per heavy atom. The van der Waals surface area contributed by atoms with Crippen molar-refractivity contribution in [1.82, 2.24) is 5.43 Å². The van der Waals surface area contributed by atoms with Crippen molar-refractivity contribution in [3.05, 3.63) is 53.3 Å². The minimum Gasteiger partial charge on any atom is -0.493 e. The van der Waals surface area contributed by atoms with Gasteiger partial charge < -0.3 is 19.0 Å². The Hall–Kier alpha value is -3.62. The lowest BCUT2D eigenvalue weighted by atomic mass is 9.93. The molecule has 150 valence electrons. The van der Waals surface area contributed by atoms with Crippen molar-refractivity contribution < 1.29 is 28.2 Å². The van der Waals surface area contributed by atoms with Crippen LogP contribution in [-0.2, 0) is 9.63 Å². The Morgan fingerprint density at radius 1 is 1.34 bits per heavy atom. The van der Waals surface area contributed by atoms with E-state index in [-0.39, 0.29) is 24.0 Å². The summed E-state index contributed by atoms with van der Waals surface area (Å²) in [6.07, 6.45) is 0.726. The van der Waals surface area contributed by atoms with E-state index in [0.29, 0.717) is 17.2 Å². The maximum absolute atomic E-state index is 13.6. The zero-order chi connectivity index (χ0) is 20.4. The number of nitrogens with zero attached hydrogens (tertiary/aromatic N) is 2. The molecule has 2 heterocycles. The minimum atomic E-state index is -0.528. The molecule has 2 atom stereocenters. The zero-order valence-corrected chi connectivity index (χ0v) is 15.7. The maximum Gasteiger partial charge on any atom is 0.289 e. The first-order chi connectivity index (χ1) is 14.1. The number of fused-ring (bicyclic) bond motifs is 1. The van der Waals surface area contributed by atoms with E-state index in [1.165, 1.54) is 19.4 Å². The molecule has 2 aromatic carbocycles. The molecule has 1 amide bonds. The van der Waals surface area contributed by atoms with Crippen LogP contribution in [0.15, 0.2) is 46.7 Å². The molecule has 8 nitrogen and oxygen atoms in total. The van der Waals surface area contributed by atoms with Crippen LogP contribution in [0.3, 0.4) is 0 Å². The van der Waals surface area contributed by atoms with Gasteiger partial charge in [0.15, 0.2) is 23.3 Å². The van der Waals surface area contributed by atoms with Gasteiger partial charge in [-0.1, -0.05) is 30.3 Å². The van der Waals surface area contributed by atoms with Crippen LogP contribution < -0.4 is 19.6 Å². The molecule has 2 aliphatic rings. The van der Waals surface area contributed by atoms with Gasteiger partial charge in [-0.15, -0.1) is 0 Å². The number of hydrogen-bond acceptors (Lipinski definition) is 7. The summed E-state index contributed by atoms with van der Waals surface area (Å²) in [6.45, 7) is 1.92. The molecule has 0 saturated heterocycles. The fourth-order valence-corrected chi connectivity index (χ4v) is 3.14. The highest BCUT2D eigenvalue weighted by Crippen LogP contribution is 2.45. The molecule has 29 heavy (non-hydrogen) atoms. The summed E-state index contributed by atoms with van der Waals surface area (Å²) >= 11 is 0. The van der Waals surface area contributed by atoms with E-state index in [1.807, 2.05) is 6.92 Å². The van der Waals surface area contributed by atoms with Crippen molar-refractivity contribution in [3.63, 3.8) is 0 Å². The Kier molecular flexibility index (Phi) is 5.03. The highest BCUT2D eigenvalue weighted by Gasteiger charge is 2.37. The lowest BCUT2D eigenvalue weighted by Crippen LogP contribution is -2.31. The fourth-order valence-electron chi connectivity index (χ4n) is 3.14. The van der Waals surface area contributed by atoms with Crippen LogP contribution in [0, 0.1) is 11.7 Å². The lowest BCUT2D eigenvalue weighted by Gasteiger charge is -2.16. The summed E-state index contributed by atoms with van der Waals surface area (Å²) < 4.78 is 29.8. The summed E-state index contributed by atoms with van der Waals surface area (Å²) in [7, 11) is 1.53. The number of hydrazone groups is 1. The molecule has 0 aromatic heterocycles. The predicted molar refractivity (Wildman–Crippen MR) is 102 cm³/mol. The number of benzene rings is 2. The van der Waals surface area contributed by atoms with Gasteiger partial charge in [-0.2, -0.15) is 5.10 Å². The molecule has 4 rings (SSSR count). The smallest absolute Gasteiger partial charge is 0.289 e. The number of carbonyl (C=O) groups is 1. The quantitative estimate of drug-likeness (QED) is 0.617. The van der Waals surface area contributed by atoms with Crippen LogP contribution >= 0.6 is 0 Å². The lowest BCUT2D eigenvalue weighted by molar-refractivity contribution is -0.115. The minimum absolute atomic E-state index is 0.112. The van der Waals surface area contributed by atoms with Gasteiger partial charge in [-0.3, -0.25) is 4.79 Å². The number of carbonyl (C=O) groups excluding carboxylic acids is 1. The number of hydrogen-bond donors (Lipinski definition) is 1. The summed E-state index contributed by atoms with van der Waals surface area (Å²) in [4.78, 5) is 17.9. The van der Waals surface area contributed by atoms with Crippen molar-refractivity contribution in [2.24, 2.45) is 16.2 Å². The van der Waals surface area contributed by atoms with Gasteiger partial charge in [0.1, 0.15) is 5.82 Å². The van der Waals surface area contributed by atoms with E-state index in [9.17, 15) is 9.18 Å². The van der Waals surface area contributed by atoms with Crippen molar-refractivity contribution >= 4 is 17.8 Å². The Labute approximate surface area is 165 Å². The monoisotopic (exact) mass is 399 g/mol. The van der Waals surface area contributed by atoms with Crippen LogP contribution in [0.2, 0.25) is 0 Å². The van der Waals surface area contributed by atoms with E-state index in [0.717, 1.165) is 5.56 Å². The van der Waals surface area contributed by atoms with Crippen molar-refractivity contribution in [3.8, 4) is 17.2 Å². The number of rotatable bonds is 5. The first kappa shape index (κ1) is 18.7. The molecule has 0 aliphatic carbocycles. The van der Waals surface area contributed by atoms with Crippen LogP contribution in [0.5, 0.6) is 17.2 Å². The van der Waals surface area contributed by atoms with Gasteiger partial charge in [0.25, 0.3) is 5.91 Å². The molecule has 0 saturated carbocycles. The van der Waals surface area contributed by atoms with E-state index < -0.39 is 17.8 Å². The number of oxime groups is 1. The van der Waals surface area contributed by atoms with Gasteiger partial charge in [0.05, 0.1) is 19.2 Å². The fraction of sp³-hybridized carbons (Fsp3) is 0.250.